The van der Waals surface area contributed by atoms with Crippen molar-refractivity contribution >= 4 is 5.78 Å². The highest BCUT2D eigenvalue weighted by atomic mass is 16.1. The molecule has 0 fully saturated rings. The summed E-state index contributed by atoms with van der Waals surface area (Å²) in [4.78, 5) is 10.7. The zero-order valence-electron chi connectivity index (χ0n) is 12.7. The molecule has 0 aliphatic carbocycles. The molecule has 0 radical (unpaired) electrons. The minimum absolute atomic E-state index is 0.333. The molecular weight excluding hydrogens is 220 g/mol. The molecule has 0 aliphatic heterocycles. The maximum atomic E-state index is 10.7. The Morgan fingerprint density at radius 2 is 1.44 bits per heavy atom. The average molecular weight is 252 g/mol. The van der Waals surface area contributed by atoms with E-state index in [2.05, 4.69) is 26.0 Å². The molecule has 0 N–H and O–H groups in total. The molecule has 18 heavy (non-hydrogen) atoms. The van der Waals surface area contributed by atoms with E-state index in [0.717, 1.165) is 18.8 Å². The number of rotatable bonds is 12. The second kappa shape index (κ2) is 12.9. The molecular formula is C17H32O. The summed E-state index contributed by atoms with van der Waals surface area (Å²) in [5, 5.41) is 0. The van der Waals surface area contributed by atoms with Crippen molar-refractivity contribution in [1.82, 2.24) is 0 Å². The summed E-state index contributed by atoms with van der Waals surface area (Å²) < 4.78 is 0. The first-order valence-electron chi connectivity index (χ1n) is 7.77. The maximum Gasteiger partial charge on any atom is 0.129 e. The van der Waals surface area contributed by atoms with Crippen molar-refractivity contribution in [2.75, 3.05) is 0 Å². The normalized spacial score (nSPS) is 11.6. The number of carbonyl (C=O) groups excluding carboxylic acids is 1. The monoisotopic (exact) mass is 252 g/mol. The predicted molar refractivity (Wildman–Crippen MR) is 80.8 cm³/mol. The molecule has 0 rings (SSSR count). The van der Waals surface area contributed by atoms with Gasteiger partial charge in [-0.25, -0.2) is 0 Å². The number of allylic oxidation sites excluding steroid dienone is 2. The van der Waals surface area contributed by atoms with Crippen LogP contribution in [-0.4, -0.2) is 5.78 Å². The van der Waals surface area contributed by atoms with Gasteiger partial charge in [0.25, 0.3) is 0 Å². The first-order chi connectivity index (χ1) is 8.63. The molecule has 0 unspecified atom stereocenters. The number of hydrogen-bond acceptors (Lipinski definition) is 1. The van der Waals surface area contributed by atoms with E-state index in [0.29, 0.717) is 5.78 Å². The third-order valence-corrected chi connectivity index (χ3v) is 3.22. The number of ketones is 1. The van der Waals surface area contributed by atoms with Crippen molar-refractivity contribution in [3.05, 3.63) is 12.2 Å². The molecule has 0 bridgehead atoms. The molecule has 0 atom stereocenters. The zero-order valence-corrected chi connectivity index (χ0v) is 12.7. The van der Waals surface area contributed by atoms with Crippen LogP contribution in [0.2, 0.25) is 0 Å². The van der Waals surface area contributed by atoms with Crippen molar-refractivity contribution in [1.29, 1.82) is 0 Å². The standard InChI is InChI=1S/C17H32O/c1-16(2)14-12-10-8-6-4-5-7-9-11-13-15-17(3)18/h6,8,16H,4-5,7,9-15H2,1-3H3/b8-6-. The Hall–Kier alpha value is -0.590. The van der Waals surface area contributed by atoms with Gasteiger partial charge in [0.15, 0.2) is 0 Å². The van der Waals surface area contributed by atoms with Crippen molar-refractivity contribution < 1.29 is 4.79 Å². The zero-order chi connectivity index (χ0) is 13.6. The van der Waals surface area contributed by atoms with E-state index in [9.17, 15) is 4.79 Å². The Labute approximate surface area is 114 Å². The fourth-order valence-electron chi connectivity index (χ4n) is 2.05. The molecule has 0 saturated heterocycles. The number of hydrogen-bond donors (Lipinski definition) is 0. The van der Waals surface area contributed by atoms with E-state index in [1.54, 1.807) is 6.92 Å². The first kappa shape index (κ1) is 17.4. The van der Waals surface area contributed by atoms with Gasteiger partial charge in [0.1, 0.15) is 5.78 Å². The number of Topliss-reactive ketones (excluding diaryl/α,β-unsaturated/α-hetero) is 1. The van der Waals surface area contributed by atoms with Crippen LogP contribution in [0.25, 0.3) is 0 Å². The highest BCUT2D eigenvalue weighted by molar-refractivity contribution is 5.75. The van der Waals surface area contributed by atoms with E-state index in [-0.39, 0.29) is 0 Å². The lowest BCUT2D eigenvalue weighted by molar-refractivity contribution is -0.117. The largest absolute Gasteiger partial charge is 0.300 e. The SMILES string of the molecule is CC(=O)CCCCCCC/C=C\CCCC(C)C. The fraction of sp³-hybridized carbons (Fsp3) is 0.824. The lowest BCUT2D eigenvalue weighted by Gasteiger charge is -2.01. The van der Waals surface area contributed by atoms with Crippen LogP contribution in [-0.2, 0) is 4.79 Å². The van der Waals surface area contributed by atoms with Gasteiger partial charge in [-0.2, -0.15) is 0 Å². The lowest BCUT2D eigenvalue weighted by atomic mass is 10.1. The molecule has 0 aromatic heterocycles. The van der Waals surface area contributed by atoms with Crippen molar-refractivity contribution in [2.24, 2.45) is 5.92 Å². The van der Waals surface area contributed by atoms with Gasteiger partial charge in [-0.15, -0.1) is 0 Å². The van der Waals surface area contributed by atoms with Crippen LogP contribution in [0, 0.1) is 5.92 Å². The van der Waals surface area contributed by atoms with Crippen LogP contribution in [0.15, 0.2) is 12.2 Å². The summed E-state index contributed by atoms with van der Waals surface area (Å²) in [6, 6.07) is 0. The summed E-state index contributed by atoms with van der Waals surface area (Å²) in [5.74, 6) is 1.17. The Morgan fingerprint density at radius 3 is 2.06 bits per heavy atom. The molecule has 106 valence electrons. The van der Waals surface area contributed by atoms with Gasteiger partial charge in [-0.3, -0.25) is 0 Å². The molecule has 0 aliphatic rings. The smallest absolute Gasteiger partial charge is 0.129 e. The number of unbranched alkanes of at least 4 members (excludes halogenated alkanes) is 6. The molecule has 0 aromatic carbocycles. The van der Waals surface area contributed by atoms with Gasteiger partial charge in [0.2, 0.25) is 0 Å². The summed E-state index contributed by atoms with van der Waals surface area (Å²) in [6.45, 7) is 6.26. The van der Waals surface area contributed by atoms with E-state index in [1.165, 1.54) is 51.4 Å². The van der Waals surface area contributed by atoms with Gasteiger partial charge in [-0.1, -0.05) is 51.7 Å². The molecule has 0 heterocycles. The highest BCUT2D eigenvalue weighted by Crippen LogP contribution is 2.09. The topological polar surface area (TPSA) is 17.1 Å². The first-order valence-corrected chi connectivity index (χ1v) is 7.77. The molecule has 0 aromatic rings. The highest BCUT2D eigenvalue weighted by Gasteiger charge is 1.94. The Kier molecular flexibility index (Phi) is 12.4. The lowest BCUT2D eigenvalue weighted by Crippen LogP contribution is -1.89. The summed E-state index contributed by atoms with van der Waals surface area (Å²) in [6.07, 6.45) is 16.8. The van der Waals surface area contributed by atoms with Gasteiger partial charge in [-0.05, 0) is 44.9 Å². The molecule has 0 saturated carbocycles. The second-order valence-corrected chi connectivity index (χ2v) is 5.80. The minimum Gasteiger partial charge on any atom is -0.300 e. The van der Waals surface area contributed by atoms with E-state index < -0.39 is 0 Å². The Bertz CT molecular complexity index is 216. The third kappa shape index (κ3) is 15.4. The van der Waals surface area contributed by atoms with Crippen LogP contribution < -0.4 is 0 Å². The van der Waals surface area contributed by atoms with Gasteiger partial charge in [0.05, 0.1) is 0 Å². The fourth-order valence-corrected chi connectivity index (χ4v) is 2.05. The van der Waals surface area contributed by atoms with Crippen molar-refractivity contribution in [3.63, 3.8) is 0 Å². The summed E-state index contributed by atoms with van der Waals surface area (Å²) in [5.41, 5.74) is 0. The maximum absolute atomic E-state index is 10.7. The quantitative estimate of drug-likeness (QED) is 0.322. The molecule has 0 amide bonds. The average Bonchev–Trinajstić information content (AvgIpc) is 2.29. The van der Waals surface area contributed by atoms with Crippen LogP contribution >= 0.6 is 0 Å². The van der Waals surface area contributed by atoms with E-state index >= 15 is 0 Å². The summed E-state index contributed by atoms with van der Waals surface area (Å²) >= 11 is 0. The van der Waals surface area contributed by atoms with Gasteiger partial charge < -0.3 is 4.79 Å². The van der Waals surface area contributed by atoms with Gasteiger partial charge >= 0.3 is 0 Å². The molecule has 0 spiro atoms. The Balaban J connectivity index is 3.10. The minimum atomic E-state index is 0.333. The van der Waals surface area contributed by atoms with Crippen LogP contribution in [0.3, 0.4) is 0 Å². The predicted octanol–water partition coefficient (Wildman–Crippen LogP) is 5.69. The molecule has 1 nitrogen and oxygen atoms in total. The van der Waals surface area contributed by atoms with Crippen LogP contribution in [0.1, 0.15) is 85.0 Å². The van der Waals surface area contributed by atoms with Crippen molar-refractivity contribution in [2.45, 2.75) is 85.0 Å². The van der Waals surface area contributed by atoms with Crippen LogP contribution in [0.5, 0.6) is 0 Å². The van der Waals surface area contributed by atoms with E-state index in [1.807, 2.05) is 0 Å². The molecule has 1 heteroatoms. The van der Waals surface area contributed by atoms with Gasteiger partial charge in [0, 0.05) is 6.42 Å². The third-order valence-electron chi connectivity index (χ3n) is 3.22. The van der Waals surface area contributed by atoms with Crippen LogP contribution in [0.4, 0.5) is 0 Å². The number of carbonyl (C=O) groups is 1. The summed E-state index contributed by atoms with van der Waals surface area (Å²) in [7, 11) is 0. The Morgan fingerprint density at radius 1 is 0.889 bits per heavy atom. The second-order valence-electron chi connectivity index (χ2n) is 5.80. The van der Waals surface area contributed by atoms with Crippen molar-refractivity contribution in [3.8, 4) is 0 Å². The van der Waals surface area contributed by atoms with E-state index in [4.69, 9.17) is 0 Å².